The summed E-state index contributed by atoms with van der Waals surface area (Å²) < 4.78 is 4.82. The molecule has 1 atom stereocenters. The Hall–Kier alpha value is -0.830. The number of carboxylic acids is 1. The molecule has 1 unspecified atom stereocenters. The molecule has 0 aromatic heterocycles. The topological polar surface area (TPSA) is 46.5 Å². The predicted octanol–water partition coefficient (Wildman–Crippen LogP) is 1.05. The summed E-state index contributed by atoms with van der Waals surface area (Å²) in [6.07, 6.45) is 1.21. The van der Waals surface area contributed by atoms with Crippen molar-refractivity contribution in [3.8, 4) is 0 Å². The van der Waals surface area contributed by atoms with E-state index in [1.54, 1.807) is 13.8 Å². The lowest BCUT2D eigenvalue weighted by atomic mass is 10.1. The van der Waals surface area contributed by atoms with E-state index in [1.807, 2.05) is 0 Å². The number of carbonyl (C=O) groups is 1. The average Bonchev–Trinajstić information content (AvgIpc) is 1.88. The van der Waals surface area contributed by atoms with E-state index in [0.717, 1.165) is 0 Å². The smallest absolute Gasteiger partial charge is 0.333 e. The van der Waals surface area contributed by atoms with Crippen molar-refractivity contribution >= 4 is 5.97 Å². The van der Waals surface area contributed by atoms with Gasteiger partial charge in [0.25, 0.3) is 0 Å². The molecule has 10 heavy (non-hydrogen) atoms. The van der Waals surface area contributed by atoms with Crippen molar-refractivity contribution < 1.29 is 14.6 Å². The normalized spacial score (nSPS) is 14.9. The van der Waals surface area contributed by atoms with Crippen LogP contribution in [0.2, 0.25) is 0 Å². The number of hydrogen-bond acceptors (Lipinski definition) is 2. The molecule has 0 heterocycles. The Morgan fingerprint density at radius 3 is 2.30 bits per heavy atom. The van der Waals surface area contributed by atoms with Gasteiger partial charge in [-0.1, -0.05) is 6.08 Å². The minimum absolute atomic E-state index is 0.294. The second-order valence-corrected chi connectivity index (χ2v) is 1.93. The van der Waals surface area contributed by atoms with Gasteiger partial charge in [0.1, 0.15) is 0 Å². The number of ether oxygens (including phenoxy) is 1. The molecule has 0 rings (SSSR count). The van der Waals surface area contributed by atoms with Gasteiger partial charge < -0.3 is 9.84 Å². The van der Waals surface area contributed by atoms with E-state index in [0.29, 0.717) is 5.57 Å². The third-order valence-electron chi connectivity index (χ3n) is 1.35. The quantitative estimate of drug-likeness (QED) is 0.602. The first-order valence-corrected chi connectivity index (χ1v) is 3.05. The van der Waals surface area contributed by atoms with Gasteiger partial charge in [0.2, 0.25) is 0 Å². The summed E-state index contributed by atoms with van der Waals surface area (Å²) in [6, 6.07) is 0. The Balaban J connectivity index is 4.23. The highest BCUT2D eigenvalue weighted by Gasteiger charge is 2.12. The summed E-state index contributed by atoms with van der Waals surface area (Å²) >= 11 is 0. The van der Waals surface area contributed by atoms with Crippen LogP contribution in [-0.4, -0.2) is 24.3 Å². The molecule has 0 fully saturated rings. The maximum Gasteiger partial charge on any atom is 0.333 e. The molecule has 0 aliphatic rings. The van der Waals surface area contributed by atoms with Crippen molar-refractivity contribution in [3.63, 3.8) is 0 Å². The lowest BCUT2D eigenvalue weighted by molar-refractivity contribution is -0.133. The SMILES string of the molecule is C/C=C(/C(=O)O)C(C)OC. The van der Waals surface area contributed by atoms with E-state index in [2.05, 4.69) is 0 Å². The summed E-state index contributed by atoms with van der Waals surface area (Å²) in [6.45, 7) is 3.38. The zero-order valence-corrected chi connectivity index (χ0v) is 6.42. The number of hydrogen-bond donors (Lipinski definition) is 1. The van der Waals surface area contributed by atoms with Crippen LogP contribution in [0, 0.1) is 0 Å². The van der Waals surface area contributed by atoms with Crippen LogP contribution in [0.15, 0.2) is 11.6 Å². The summed E-state index contributed by atoms with van der Waals surface area (Å²) in [4.78, 5) is 10.4. The van der Waals surface area contributed by atoms with Gasteiger partial charge >= 0.3 is 5.97 Å². The molecule has 0 aliphatic carbocycles. The molecule has 0 aliphatic heterocycles. The molecule has 0 aromatic carbocycles. The van der Waals surface area contributed by atoms with Crippen LogP contribution in [-0.2, 0) is 9.53 Å². The number of aliphatic carboxylic acids is 1. The highest BCUT2D eigenvalue weighted by Crippen LogP contribution is 2.04. The van der Waals surface area contributed by atoms with Gasteiger partial charge in [-0.15, -0.1) is 0 Å². The number of allylic oxidation sites excluding steroid dienone is 1. The van der Waals surface area contributed by atoms with Gasteiger partial charge in [-0.25, -0.2) is 4.79 Å². The Morgan fingerprint density at radius 1 is 1.70 bits per heavy atom. The van der Waals surface area contributed by atoms with Crippen LogP contribution in [0.4, 0.5) is 0 Å². The van der Waals surface area contributed by atoms with Crippen LogP contribution in [0.5, 0.6) is 0 Å². The highest BCUT2D eigenvalue weighted by atomic mass is 16.5. The van der Waals surface area contributed by atoms with Gasteiger partial charge in [-0.05, 0) is 13.8 Å². The van der Waals surface area contributed by atoms with Crippen molar-refractivity contribution in [2.75, 3.05) is 7.11 Å². The first-order valence-electron chi connectivity index (χ1n) is 3.05. The Bertz CT molecular complexity index is 149. The van der Waals surface area contributed by atoms with E-state index >= 15 is 0 Å². The monoisotopic (exact) mass is 144 g/mol. The highest BCUT2D eigenvalue weighted by molar-refractivity contribution is 5.87. The minimum atomic E-state index is -0.920. The van der Waals surface area contributed by atoms with Gasteiger partial charge in [0, 0.05) is 7.11 Å². The summed E-state index contributed by atoms with van der Waals surface area (Å²) in [5.41, 5.74) is 0.294. The molecular weight excluding hydrogens is 132 g/mol. The van der Waals surface area contributed by atoms with E-state index in [9.17, 15) is 4.79 Å². The van der Waals surface area contributed by atoms with Crippen LogP contribution in [0.3, 0.4) is 0 Å². The van der Waals surface area contributed by atoms with Crippen LogP contribution < -0.4 is 0 Å². The van der Waals surface area contributed by atoms with Crippen LogP contribution in [0.25, 0.3) is 0 Å². The molecule has 0 saturated heterocycles. The predicted molar refractivity (Wildman–Crippen MR) is 37.9 cm³/mol. The fraction of sp³-hybridized carbons (Fsp3) is 0.571. The van der Waals surface area contributed by atoms with Crippen molar-refractivity contribution in [2.45, 2.75) is 20.0 Å². The van der Waals surface area contributed by atoms with Gasteiger partial charge in [-0.2, -0.15) is 0 Å². The number of methoxy groups -OCH3 is 1. The third-order valence-corrected chi connectivity index (χ3v) is 1.35. The lowest BCUT2D eigenvalue weighted by Gasteiger charge is -2.08. The minimum Gasteiger partial charge on any atom is -0.478 e. The summed E-state index contributed by atoms with van der Waals surface area (Å²) in [5.74, 6) is -0.920. The first-order chi connectivity index (χ1) is 4.63. The molecule has 0 amide bonds. The fourth-order valence-corrected chi connectivity index (χ4v) is 0.659. The second kappa shape index (κ2) is 4.06. The molecular formula is C7H12O3. The first kappa shape index (κ1) is 9.17. The molecule has 0 bridgehead atoms. The zero-order valence-electron chi connectivity index (χ0n) is 6.42. The largest absolute Gasteiger partial charge is 0.478 e. The van der Waals surface area contributed by atoms with E-state index in [1.165, 1.54) is 13.2 Å². The zero-order chi connectivity index (χ0) is 8.15. The summed E-state index contributed by atoms with van der Waals surface area (Å²) in [5, 5.41) is 8.53. The number of carboxylic acid groups (broad SMARTS) is 1. The molecule has 3 heteroatoms. The van der Waals surface area contributed by atoms with Gasteiger partial charge in [-0.3, -0.25) is 0 Å². The van der Waals surface area contributed by atoms with Crippen molar-refractivity contribution in [1.82, 2.24) is 0 Å². The third kappa shape index (κ3) is 2.19. The van der Waals surface area contributed by atoms with E-state index < -0.39 is 5.97 Å². The van der Waals surface area contributed by atoms with E-state index in [4.69, 9.17) is 9.84 Å². The number of rotatable bonds is 3. The standard InChI is InChI=1S/C7H12O3/c1-4-6(7(8)9)5(2)10-3/h4-5H,1-3H3,(H,8,9)/b6-4+. The van der Waals surface area contributed by atoms with Crippen LogP contribution in [0.1, 0.15) is 13.8 Å². The second-order valence-electron chi connectivity index (χ2n) is 1.93. The average molecular weight is 144 g/mol. The molecule has 0 aromatic rings. The Kier molecular flexibility index (Phi) is 3.72. The molecule has 3 nitrogen and oxygen atoms in total. The Labute approximate surface area is 60.3 Å². The van der Waals surface area contributed by atoms with E-state index in [-0.39, 0.29) is 6.10 Å². The summed E-state index contributed by atoms with van der Waals surface area (Å²) in [7, 11) is 1.48. The molecule has 0 radical (unpaired) electrons. The van der Waals surface area contributed by atoms with Crippen LogP contribution >= 0.6 is 0 Å². The van der Waals surface area contributed by atoms with Crippen molar-refractivity contribution in [3.05, 3.63) is 11.6 Å². The molecule has 1 N–H and O–H groups in total. The maximum absolute atomic E-state index is 10.4. The Morgan fingerprint density at radius 2 is 2.20 bits per heavy atom. The van der Waals surface area contributed by atoms with Gasteiger partial charge in [0.15, 0.2) is 0 Å². The molecule has 58 valence electrons. The maximum atomic E-state index is 10.4. The molecule has 0 spiro atoms. The molecule has 0 saturated carbocycles. The fourth-order valence-electron chi connectivity index (χ4n) is 0.659. The van der Waals surface area contributed by atoms with Crippen molar-refractivity contribution in [1.29, 1.82) is 0 Å². The van der Waals surface area contributed by atoms with Gasteiger partial charge in [0.05, 0.1) is 11.7 Å². The van der Waals surface area contributed by atoms with Crippen molar-refractivity contribution in [2.24, 2.45) is 0 Å². The lowest BCUT2D eigenvalue weighted by Crippen LogP contribution is -2.16.